The third-order valence-electron chi connectivity index (χ3n) is 3.50. The molecule has 0 aliphatic heterocycles. The van der Waals surface area contributed by atoms with E-state index in [1.165, 1.54) is 18.3 Å². The Morgan fingerprint density at radius 2 is 2.00 bits per heavy atom. The number of carbonyl (C=O) groups excluding carboxylic acids is 2. The van der Waals surface area contributed by atoms with Gasteiger partial charge in [0.05, 0.1) is 22.2 Å². The number of carboxylic acids is 1. The van der Waals surface area contributed by atoms with E-state index in [4.69, 9.17) is 16.9 Å². The predicted octanol–water partition coefficient (Wildman–Crippen LogP) is -1.45. The van der Waals surface area contributed by atoms with Gasteiger partial charge in [-0.1, -0.05) is 11.6 Å². The fourth-order valence-corrected chi connectivity index (χ4v) is 2.36. The van der Waals surface area contributed by atoms with Crippen LogP contribution < -0.4 is 29.3 Å². The number of amides is 1. The van der Waals surface area contributed by atoms with Crippen molar-refractivity contribution in [3.8, 4) is 11.9 Å². The van der Waals surface area contributed by atoms with E-state index < -0.39 is 23.3 Å². The fraction of sp³-hybridized carbons (Fsp3) is 0. The summed E-state index contributed by atoms with van der Waals surface area (Å²) in [6.45, 7) is 0. The van der Waals surface area contributed by atoms with Crippen LogP contribution in [0.15, 0.2) is 42.7 Å². The van der Waals surface area contributed by atoms with Crippen molar-refractivity contribution in [1.82, 2.24) is 14.8 Å². The van der Waals surface area contributed by atoms with E-state index >= 15 is 0 Å². The minimum absolute atomic E-state index is 0. The number of aromatic nitrogens is 3. The molecule has 28 heavy (non-hydrogen) atoms. The second-order valence-corrected chi connectivity index (χ2v) is 5.66. The third kappa shape index (κ3) is 4.38. The summed E-state index contributed by atoms with van der Waals surface area (Å²) in [5.74, 6) is -3.04. The minimum atomic E-state index is -1.68. The van der Waals surface area contributed by atoms with Crippen LogP contribution in [0.25, 0.3) is 5.82 Å². The van der Waals surface area contributed by atoms with Crippen LogP contribution >= 0.6 is 11.6 Å². The summed E-state index contributed by atoms with van der Waals surface area (Å²) in [5.41, 5.74) is -0.481. The van der Waals surface area contributed by atoms with Gasteiger partial charge in [0, 0.05) is 18.0 Å². The maximum absolute atomic E-state index is 13.4. The standard InChI is InChI=1S/C17H9ClFN5O3.Li/c18-11-6-14(10(17(26)27)5-12(11)19)21-16(25)13-1-2-15(23-22-13)24-4-3-9(7-20)8-24;/h1-6,8H,(H,21,25)(H,26,27);/q;+1/p-1. The summed E-state index contributed by atoms with van der Waals surface area (Å²) in [4.78, 5) is 23.4. The van der Waals surface area contributed by atoms with Crippen LogP contribution in [0.5, 0.6) is 0 Å². The van der Waals surface area contributed by atoms with Crippen LogP contribution in [0.4, 0.5) is 10.1 Å². The second kappa shape index (κ2) is 8.68. The van der Waals surface area contributed by atoms with Crippen molar-refractivity contribution >= 4 is 29.2 Å². The molecule has 2 aromatic heterocycles. The molecule has 3 aromatic rings. The van der Waals surface area contributed by atoms with Gasteiger partial charge in [-0.3, -0.25) is 4.79 Å². The number of rotatable bonds is 4. The number of hydrogen-bond donors (Lipinski definition) is 1. The molecule has 0 spiro atoms. The molecule has 11 heteroatoms. The number of nitriles is 1. The summed E-state index contributed by atoms with van der Waals surface area (Å²) in [6, 6.07) is 8.02. The van der Waals surface area contributed by atoms with Crippen molar-refractivity contribution in [2.24, 2.45) is 0 Å². The van der Waals surface area contributed by atoms with E-state index in [-0.39, 0.29) is 35.3 Å². The normalized spacial score (nSPS) is 9.89. The van der Waals surface area contributed by atoms with Crippen molar-refractivity contribution in [1.29, 1.82) is 5.26 Å². The SMILES string of the molecule is N#Cc1ccn(-c2ccc(C(=O)Nc3cc(Cl)c(F)cc3C(=O)[O-])nn2)c1.[Li+]. The van der Waals surface area contributed by atoms with Crippen LogP contribution in [-0.4, -0.2) is 26.6 Å². The average molecular weight is 392 g/mol. The van der Waals surface area contributed by atoms with Crippen molar-refractivity contribution in [3.05, 3.63) is 70.4 Å². The van der Waals surface area contributed by atoms with Gasteiger partial charge in [0.1, 0.15) is 11.9 Å². The minimum Gasteiger partial charge on any atom is -0.545 e. The molecular formula is C17H8ClFLiN5O3. The summed E-state index contributed by atoms with van der Waals surface area (Å²) in [5, 5.41) is 29.5. The van der Waals surface area contributed by atoms with Crippen LogP contribution in [0.1, 0.15) is 26.4 Å². The molecule has 0 saturated carbocycles. The molecule has 3 rings (SSSR count). The topological polar surface area (TPSA) is 124 Å². The zero-order valence-electron chi connectivity index (χ0n) is 14.3. The molecule has 0 aliphatic rings. The largest absolute Gasteiger partial charge is 1.00 e. The van der Waals surface area contributed by atoms with Gasteiger partial charge in [0.25, 0.3) is 5.91 Å². The van der Waals surface area contributed by atoms with Gasteiger partial charge >= 0.3 is 18.9 Å². The molecule has 2 heterocycles. The Hall–Kier alpha value is -3.17. The molecule has 1 amide bonds. The number of carboxylic acid groups (broad SMARTS) is 1. The van der Waals surface area contributed by atoms with Gasteiger partial charge in [-0.25, -0.2) is 4.39 Å². The van der Waals surface area contributed by atoms with E-state index in [0.29, 0.717) is 17.4 Å². The first kappa shape index (κ1) is 21.1. The van der Waals surface area contributed by atoms with Crippen LogP contribution in [-0.2, 0) is 0 Å². The first-order valence-electron chi connectivity index (χ1n) is 7.33. The number of anilines is 1. The number of benzene rings is 1. The van der Waals surface area contributed by atoms with Crippen molar-refractivity contribution in [3.63, 3.8) is 0 Å². The molecule has 1 aromatic carbocycles. The molecule has 8 nitrogen and oxygen atoms in total. The molecule has 0 saturated heterocycles. The van der Waals surface area contributed by atoms with Crippen molar-refractivity contribution < 1.29 is 37.9 Å². The monoisotopic (exact) mass is 391 g/mol. The van der Waals surface area contributed by atoms with Crippen LogP contribution in [0, 0.1) is 17.1 Å². The molecule has 0 fully saturated rings. The zero-order valence-corrected chi connectivity index (χ0v) is 15.1. The first-order valence-corrected chi connectivity index (χ1v) is 7.71. The molecule has 0 radical (unpaired) electrons. The van der Waals surface area contributed by atoms with Gasteiger partial charge in [-0.2, -0.15) is 5.26 Å². The van der Waals surface area contributed by atoms with Crippen molar-refractivity contribution in [2.75, 3.05) is 5.32 Å². The van der Waals surface area contributed by atoms with E-state index in [1.807, 2.05) is 6.07 Å². The molecule has 134 valence electrons. The molecular weight excluding hydrogens is 384 g/mol. The van der Waals surface area contributed by atoms with E-state index in [1.54, 1.807) is 16.8 Å². The predicted molar refractivity (Wildman–Crippen MR) is 89.8 cm³/mol. The summed E-state index contributed by atoms with van der Waals surface area (Å²) < 4.78 is 15.0. The Morgan fingerprint density at radius 1 is 1.25 bits per heavy atom. The number of nitrogens with zero attached hydrogens (tertiary/aromatic N) is 4. The quantitative estimate of drug-likeness (QED) is 0.543. The van der Waals surface area contributed by atoms with E-state index in [9.17, 15) is 19.1 Å². The number of aromatic carboxylic acids is 1. The molecule has 0 bridgehead atoms. The third-order valence-corrected chi connectivity index (χ3v) is 3.79. The van der Waals surface area contributed by atoms with Crippen LogP contribution in [0.2, 0.25) is 5.02 Å². The Labute approximate surface area is 174 Å². The zero-order chi connectivity index (χ0) is 19.6. The number of carbonyl (C=O) groups is 2. The summed E-state index contributed by atoms with van der Waals surface area (Å²) in [7, 11) is 0. The fourth-order valence-electron chi connectivity index (χ4n) is 2.19. The average Bonchev–Trinajstić information content (AvgIpc) is 3.13. The van der Waals surface area contributed by atoms with Gasteiger partial charge in [-0.05, 0) is 30.3 Å². The van der Waals surface area contributed by atoms with Gasteiger partial charge in [-0.15, -0.1) is 10.2 Å². The maximum Gasteiger partial charge on any atom is 1.00 e. The Morgan fingerprint density at radius 3 is 2.57 bits per heavy atom. The van der Waals surface area contributed by atoms with Crippen molar-refractivity contribution in [2.45, 2.75) is 0 Å². The van der Waals surface area contributed by atoms with Gasteiger partial charge in [0.2, 0.25) is 0 Å². The number of nitrogens with one attached hydrogen (secondary N) is 1. The number of halogens is 2. The van der Waals surface area contributed by atoms with Crippen LogP contribution in [0.3, 0.4) is 0 Å². The Balaban J connectivity index is 0.00000280. The molecule has 1 N–H and O–H groups in total. The van der Waals surface area contributed by atoms with Gasteiger partial charge in [0.15, 0.2) is 11.5 Å². The maximum atomic E-state index is 13.4. The second-order valence-electron chi connectivity index (χ2n) is 5.25. The smallest absolute Gasteiger partial charge is 0.545 e. The summed E-state index contributed by atoms with van der Waals surface area (Å²) in [6.07, 6.45) is 3.14. The Kier molecular flexibility index (Phi) is 6.55. The van der Waals surface area contributed by atoms with E-state index in [0.717, 1.165) is 6.07 Å². The number of hydrogen-bond acceptors (Lipinski definition) is 6. The van der Waals surface area contributed by atoms with E-state index in [2.05, 4.69) is 15.5 Å². The molecule has 0 aliphatic carbocycles. The first-order chi connectivity index (χ1) is 12.9. The Bertz CT molecular complexity index is 1100. The summed E-state index contributed by atoms with van der Waals surface area (Å²) >= 11 is 5.63. The molecule has 0 unspecified atom stereocenters. The molecule has 0 atom stereocenters. The van der Waals surface area contributed by atoms with Gasteiger partial charge < -0.3 is 19.8 Å².